The third-order valence-electron chi connectivity index (χ3n) is 4.46. The number of fused-ring (bicyclic) bond motifs is 2. The molecule has 12 heteroatoms. The summed E-state index contributed by atoms with van der Waals surface area (Å²) in [4.78, 5) is 24.4. The van der Waals surface area contributed by atoms with E-state index < -0.39 is 12.1 Å². The number of carboxylic acid groups (broad SMARTS) is 1. The second kappa shape index (κ2) is 8.46. The van der Waals surface area contributed by atoms with E-state index in [-0.39, 0.29) is 18.0 Å². The van der Waals surface area contributed by atoms with Crippen LogP contribution in [0.3, 0.4) is 0 Å². The molecule has 0 fully saturated rings. The molecule has 0 saturated heterocycles. The van der Waals surface area contributed by atoms with E-state index in [1.165, 1.54) is 16.9 Å². The minimum Gasteiger partial charge on any atom is -0.475 e. The molecule has 5 N–H and O–H groups in total. The zero-order valence-electron chi connectivity index (χ0n) is 14.9. The van der Waals surface area contributed by atoms with Gasteiger partial charge in [-0.15, -0.1) is 11.3 Å². The molecule has 160 valence electrons. The zero-order chi connectivity index (χ0) is 22.2. The lowest BCUT2D eigenvalue weighted by Crippen LogP contribution is -2.40. The maximum atomic E-state index is 12.5. The van der Waals surface area contributed by atoms with Gasteiger partial charge in [0.05, 0.1) is 27.3 Å². The molecule has 6 nitrogen and oxygen atoms in total. The Labute approximate surface area is 181 Å². The van der Waals surface area contributed by atoms with Crippen molar-refractivity contribution in [2.24, 2.45) is 5.73 Å². The Hall–Kier alpha value is -2.27. The van der Waals surface area contributed by atoms with Crippen LogP contribution in [0.4, 0.5) is 13.2 Å². The summed E-state index contributed by atoms with van der Waals surface area (Å²) < 4.78 is 33.1. The lowest BCUT2D eigenvalue weighted by Gasteiger charge is -2.17. The minimum absolute atomic E-state index is 0.111. The van der Waals surface area contributed by atoms with Crippen molar-refractivity contribution < 1.29 is 27.9 Å². The molecule has 1 amide bonds. The van der Waals surface area contributed by atoms with Crippen LogP contribution >= 0.6 is 34.5 Å². The van der Waals surface area contributed by atoms with E-state index in [2.05, 4.69) is 10.3 Å². The monoisotopic (exact) mass is 479 g/mol. The summed E-state index contributed by atoms with van der Waals surface area (Å²) in [7, 11) is 0. The van der Waals surface area contributed by atoms with E-state index in [9.17, 15) is 18.0 Å². The van der Waals surface area contributed by atoms with Crippen LogP contribution in [0.2, 0.25) is 9.36 Å². The second-order valence-corrected chi connectivity index (χ2v) is 8.46. The predicted molar refractivity (Wildman–Crippen MR) is 108 cm³/mol. The number of nitrogens with one attached hydrogen (secondary N) is 2. The Morgan fingerprint density at radius 1 is 1.27 bits per heavy atom. The van der Waals surface area contributed by atoms with Gasteiger partial charge in [0.1, 0.15) is 10.0 Å². The molecule has 0 aliphatic heterocycles. The first kappa shape index (κ1) is 22.4. The number of hydrogen-bond acceptors (Lipinski definition) is 4. The fraction of sp³-hybridized carbons (Fsp3) is 0.222. The van der Waals surface area contributed by atoms with Gasteiger partial charge in [-0.3, -0.25) is 4.79 Å². The summed E-state index contributed by atoms with van der Waals surface area (Å²) in [5.74, 6) is -2.94. The van der Waals surface area contributed by atoms with Gasteiger partial charge in [-0.2, -0.15) is 13.2 Å². The number of aliphatic carboxylic acids is 1. The summed E-state index contributed by atoms with van der Waals surface area (Å²) in [6.45, 7) is 0. The molecular formula is C18H14Cl2F3N3O3S. The van der Waals surface area contributed by atoms with Gasteiger partial charge in [-0.05, 0) is 23.6 Å². The lowest BCUT2D eigenvalue weighted by molar-refractivity contribution is -0.192. The number of rotatable bonds is 2. The summed E-state index contributed by atoms with van der Waals surface area (Å²) >= 11 is 13.4. The number of hydrogen-bond donors (Lipinski definition) is 4. The number of amides is 1. The summed E-state index contributed by atoms with van der Waals surface area (Å²) in [5.41, 5.74) is 9.71. The summed E-state index contributed by atoms with van der Waals surface area (Å²) in [6, 6.07) is 9.48. The lowest BCUT2D eigenvalue weighted by atomic mass is 10.1. The highest BCUT2D eigenvalue weighted by Crippen LogP contribution is 2.39. The van der Waals surface area contributed by atoms with Crippen molar-refractivity contribution in [2.75, 3.05) is 0 Å². The normalized spacial score (nSPS) is 17.9. The van der Waals surface area contributed by atoms with Gasteiger partial charge in [0.25, 0.3) is 5.91 Å². The first-order chi connectivity index (χ1) is 14.0. The van der Waals surface area contributed by atoms with Crippen LogP contribution in [0.15, 0.2) is 30.3 Å². The first-order valence-corrected chi connectivity index (χ1v) is 9.97. The molecular weight excluding hydrogens is 466 g/mol. The molecule has 0 radical (unpaired) electrons. The van der Waals surface area contributed by atoms with Crippen LogP contribution in [0.5, 0.6) is 0 Å². The Morgan fingerprint density at radius 3 is 2.47 bits per heavy atom. The van der Waals surface area contributed by atoms with Crippen molar-refractivity contribution in [3.8, 4) is 0 Å². The maximum absolute atomic E-state index is 12.5. The van der Waals surface area contributed by atoms with Crippen LogP contribution < -0.4 is 11.1 Å². The quantitative estimate of drug-likeness (QED) is 0.433. The van der Waals surface area contributed by atoms with Crippen LogP contribution in [0, 0.1) is 0 Å². The number of nitrogens with two attached hydrogens (primary N) is 1. The number of carboxylic acids is 1. The van der Waals surface area contributed by atoms with E-state index in [4.69, 9.17) is 38.8 Å². The van der Waals surface area contributed by atoms with Crippen LogP contribution in [0.25, 0.3) is 10.2 Å². The molecule has 0 unspecified atom stereocenters. The highest BCUT2D eigenvalue weighted by Gasteiger charge is 2.38. The van der Waals surface area contributed by atoms with Crippen LogP contribution in [-0.2, 0) is 11.2 Å². The van der Waals surface area contributed by atoms with Crippen molar-refractivity contribution in [2.45, 2.75) is 24.7 Å². The highest BCUT2D eigenvalue weighted by molar-refractivity contribution is 7.23. The summed E-state index contributed by atoms with van der Waals surface area (Å²) in [6.07, 6.45) is -4.34. The molecule has 1 aliphatic carbocycles. The molecule has 1 aliphatic rings. The zero-order valence-corrected chi connectivity index (χ0v) is 17.2. The molecule has 2 aromatic heterocycles. The van der Waals surface area contributed by atoms with Crippen molar-refractivity contribution in [1.82, 2.24) is 10.3 Å². The molecule has 0 bridgehead atoms. The first-order valence-electron chi connectivity index (χ1n) is 8.40. The van der Waals surface area contributed by atoms with E-state index >= 15 is 0 Å². The summed E-state index contributed by atoms with van der Waals surface area (Å²) in [5, 5.41) is 10.6. The number of benzene rings is 1. The standard InChI is InChI=1S/C16H13Cl2N3OS.C2HF3O2/c17-12-14-11(23-15(12)18)6-10(20-14)16(22)21-9-5-7-3-1-2-4-8(7)13(9)19;3-2(4,5)1(6)7/h1-4,6,9,13,20H,5,19H2,(H,21,22);(H,6,7)/t9-,13-;/m1./s1. The van der Waals surface area contributed by atoms with Gasteiger partial charge >= 0.3 is 12.1 Å². The van der Waals surface area contributed by atoms with Crippen molar-refractivity contribution >= 4 is 56.6 Å². The number of halogens is 5. The van der Waals surface area contributed by atoms with E-state index in [1.807, 2.05) is 24.3 Å². The number of H-pyrrole nitrogens is 1. The van der Waals surface area contributed by atoms with E-state index in [0.717, 1.165) is 16.7 Å². The Kier molecular flexibility index (Phi) is 6.32. The van der Waals surface area contributed by atoms with Gasteiger partial charge in [0.15, 0.2) is 0 Å². The van der Waals surface area contributed by atoms with Crippen molar-refractivity contribution in [3.63, 3.8) is 0 Å². The van der Waals surface area contributed by atoms with E-state index in [1.54, 1.807) is 6.07 Å². The largest absolute Gasteiger partial charge is 0.490 e. The minimum atomic E-state index is -5.08. The molecule has 0 spiro atoms. The van der Waals surface area contributed by atoms with Crippen molar-refractivity contribution in [1.29, 1.82) is 0 Å². The SMILES string of the molecule is N[C@@H]1c2ccccc2C[C@H]1NC(=O)c1cc2sc(Cl)c(Cl)c2[nH]1.O=C(O)C(F)(F)F. The Bertz CT molecular complexity index is 1110. The number of alkyl halides is 3. The number of carbonyl (C=O) groups excluding carboxylic acids is 1. The third kappa shape index (κ3) is 4.56. The Morgan fingerprint density at radius 2 is 1.90 bits per heavy atom. The fourth-order valence-electron chi connectivity index (χ4n) is 3.05. The molecule has 3 aromatic rings. The van der Waals surface area contributed by atoms with Gasteiger partial charge < -0.3 is 21.1 Å². The van der Waals surface area contributed by atoms with Gasteiger partial charge in [0.2, 0.25) is 0 Å². The molecule has 0 saturated carbocycles. The second-order valence-electron chi connectivity index (χ2n) is 6.42. The molecule has 30 heavy (non-hydrogen) atoms. The fourth-order valence-corrected chi connectivity index (χ4v) is 4.54. The topological polar surface area (TPSA) is 108 Å². The number of carbonyl (C=O) groups is 2. The highest BCUT2D eigenvalue weighted by atomic mass is 35.5. The van der Waals surface area contributed by atoms with Crippen molar-refractivity contribution in [3.05, 3.63) is 56.5 Å². The number of aromatic nitrogens is 1. The van der Waals surface area contributed by atoms with Crippen LogP contribution in [0.1, 0.15) is 27.7 Å². The number of thiophene rings is 1. The number of aromatic amines is 1. The van der Waals surface area contributed by atoms with Gasteiger partial charge in [-0.25, -0.2) is 4.79 Å². The average molecular weight is 480 g/mol. The smallest absolute Gasteiger partial charge is 0.475 e. The molecule has 2 heterocycles. The maximum Gasteiger partial charge on any atom is 0.490 e. The third-order valence-corrected chi connectivity index (χ3v) is 6.40. The average Bonchev–Trinajstić information content (AvgIpc) is 3.30. The Balaban J connectivity index is 0.000000318. The van der Waals surface area contributed by atoms with Crippen LogP contribution in [-0.4, -0.2) is 34.2 Å². The predicted octanol–water partition coefficient (Wildman–Crippen LogP) is 4.52. The molecule has 1 aromatic carbocycles. The van der Waals surface area contributed by atoms with Gasteiger partial charge in [0, 0.05) is 0 Å². The molecule has 4 rings (SSSR count). The van der Waals surface area contributed by atoms with Gasteiger partial charge in [-0.1, -0.05) is 47.5 Å². The van der Waals surface area contributed by atoms with E-state index in [0.29, 0.717) is 20.6 Å². The molecule has 2 atom stereocenters.